The topological polar surface area (TPSA) is 199 Å². The molecule has 5 N–H and O–H groups in total. The van der Waals surface area contributed by atoms with Crippen LogP contribution in [0.1, 0.15) is 18.9 Å². The van der Waals surface area contributed by atoms with Crippen molar-refractivity contribution >= 4 is 22.8 Å². The Morgan fingerprint density at radius 3 is 2.59 bits per heavy atom. The number of nitrogens with one attached hydrogen (secondary N) is 1. The number of carbonyl (C=O) groups is 2. The van der Waals surface area contributed by atoms with E-state index in [-0.39, 0.29) is 40.9 Å². The van der Waals surface area contributed by atoms with E-state index in [9.17, 15) is 39.9 Å². The summed E-state index contributed by atoms with van der Waals surface area (Å²) in [6.45, 7) is 1.90. The number of ether oxygens (including phenoxy) is 2. The van der Waals surface area contributed by atoms with E-state index in [0.717, 1.165) is 6.92 Å². The van der Waals surface area contributed by atoms with Gasteiger partial charge in [-0.2, -0.15) is 0 Å². The van der Waals surface area contributed by atoms with Crippen molar-refractivity contribution in [3.8, 4) is 5.75 Å². The fourth-order valence-electron chi connectivity index (χ4n) is 3.78. The summed E-state index contributed by atoms with van der Waals surface area (Å²) in [5.41, 5.74) is 0.0901. The van der Waals surface area contributed by atoms with Gasteiger partial charge in [0.15, 0.2) is 0 Å². The van der Waals surface area contributed by atoms with Gasteiger partial charge in [-0.05, 0) is 24.6 Å². The fourth-order valence-corrected chi connectivity index (χ4v) is 3.78. The molecule has 1 aliphatic heterocycles. The van der Waals surface area contributed by atoms with E-state index in [1.807, 2.05) is 0 Å². The van der Waals surface area contributed by atoms with Gasteiger partial charge >= 0.3 is 35.2 Å². The number of aliphatic hydroxyl groups excluding tert-OH is 4. The number of carbonyl (C=O) groups excluding carboxylic acids is 2. The number of aliphatic carboxylic acids is 1. The van der Waals surface area contributed by atoms with Crippen molar-refractivity contribution in [2.75, 3.05) is 6.61 Å². The second-order valence-corrected chi connectivity index (χ2v) is 7.87. The first-order valence-corrected chi connectivity index (χ1v) is 10.0. The Hall–Kier alpha value is -2.03. The summed E-state index contributed by atoms with van der Waals surface area (Å²) < 4.78 is 16.1. The number of amides is 1. The van der Waals surface area contributed by atoms with Crippen LogP contribution in [0.5, 0.6) is 5.75 Å². The van der Waals surface area contributed by atoms with Gasteiger partial charge in [0.25, 0.3) is 5.79 Å². The minimum absolute atomic E-state index is 0. The molecule has 0 saturated carbocycles. The molecule has 13 heteroatoms. The third-order valence-corrected chi connectivity index (χ3v) is 5.38. The van der Waals surface area contributed by atoms with Crippen molar-refractivity contribution in [3.05, 3.63) is 40.2 Å². The maximum absolute atomic E-state index is 12.1. The molecule has 3 rings (SSSR count). The quantitative estimate of drug-likeness (QED) is 0.183. The van der Waals surface area contributed by atoms with Gasteiger partial charge in [0.1, 0.15) is 35.6 Å². The summed E-state index contributed by atoms with van der Waals surface area (Å²) in [6.07, 6.45) is -7.76. The zero-order valence-corrected chi connectivity index (χ0v) is 20.8. The zero-order valence-electron chi connectivity index (χ0n) is 18.8. The van der Waals surface area contributed by atoms with Crippen LogP contribution in [-0.4, -0.2) is 75.2 Å². The number of rotatable bonds is 7. The van der Waals surface area contributed by atoms with Crippen molar-refractivity contribution < 1.29 is 78.6 Å². The molecule has 1 aliphatic rings. The number of carboxylic acid groups (broad SMARTS) is 1. The summed E-state index contributed by atoms with van der Waals surface area (Å²) in [5.74, 6) is -5.32. The molecule has 6 atom stereocenters. The van der Waals surface area contributed by atoms with Crippen LogP contribution in [0, 0.1) is 6.92 Å². The number of aliphatic hydroxyl groups is 4. The maximum atomic E-state index is 12.1. The van der Waals surface area contributed by atoms with Crippen LogP contribution in [0.15, 0.2) is 33.5 Å². The van der Waals surface area contributed by atoms with Gasteiger partial charge < -0.3 is 49.5 Å². The number of fused-ring (bicyclic) bond motifs is 1. The number of benzene rings is 1. The number of hydrogen-bond donors (Lipinski definition) is 5. The average molecular weight is 489 g/mol. The van der Waals surface area contributed by atoms with Crippen LogP contribution < -0.4 is 50.3 Å². The van der Waals surface area contributed by atoms with E-state index < -0.39 is 66.8 Å². The molecule has 1 aromatic carbocycles. The Kier molecular flexibility index (Phi) is 9.24. The standard InChI is InChI=1S/C21H25NO11.Na/c1-9-5-16(27)31-15-6-11(3-4-12(9)15)32-21(20(29)30)7-13(25)17(22-10(2)24)19(33-21)18(28)14(26)8-23;/h3-6,13-14,17-19,23,25-26,28H,7-8H2,1-2H3,(H,22,24)(H,29,30);/q;+1/p-1/t13-,14+,17+,18+,19+,21-;/m0./s1. The predicted octanol–water partition coefficient (Wildman–Crippen LogP) is -5.70. The van der Waals surface area contributed by atoms with Crippen LogP contribution >= 0.6 is 0 Å². The number of hydrogen-bond acceptors (Lipinski definition) is 11. The van der Waals surface area contributed by atoms with Gasteiger partial charge in [0.05, 0.1) is 18.8 Å². The molecule has 2 aromatic rings. The molecule has 0 bridgehead atoms. The van der Waals surface area contributed by atoms with E-state index >= 15 is 0 Å². The van der Waals surface area contributed by atoms with E-state index in [0.29, 0.717) is 10.9 Å². The first-order valence-electron chi connectivity index (χ1n) is 10.0. The zero-order chi connectivity index (χ0) is 24.5. The smallest absolute Gasteiger partial charge is 0.543 e. The second kappa shape index (κ2) is 11.1. The Labute approximate surface area is 215 Å². The summed E-state index contributed by atoms with van der Waals surface area (Å²) in [4.78, 5) is 35.4. The van der Waals surface area contributed by atoms with Crippen molar-refractivity contribution in [2.24, 2.45) is 0 Å². The molecular weight excluding hydrogens is 465 g/mol. The predicted molar refractivity (Wildman–Crippen MR) is 108 cm³/mol. The molecule has 0 unspecified atom stereocenters. The molecule has 1 saturated heterocycles. The summed E-state index contributed by atoms with van der Waals surface area (Å²) in [5, 5.41) is 55.1. The van der Waals surface area contributed by atoms with E-state index in [1.54, 1.807) is 6.92 Å². The molecule has 0 spiro atoms. The van der Waals surface area contributed by atoms with Gasteiger partial charge in [-0.25, -0.2) is 4.79 Å². The van der Waals surface area contributed by atoms with Crippen LogP contribution in [0.25, 0.3) is 11.0 Å². The van der Waals surface area contributed by atoms with E-state index in [2.05, 4.69) is 5.32 Å². The van der Waals surface area contributed by atoms with Gasteiger partial charge in [-0.3, -0.25) is 4.79 Å². The number of aryl methyl sites for hydroxylation is 1. The molecule has 0 radical (unpaired) electrons. The van der Waals surface area contributed by atoms with Crippen LogP contribution in [0.2, 0.25) is 0 Å². The molecule has 12 nitrogen and oxygen atoms in total. The molecule has 2 heterocycles. The van der Waals surface area contributed by atoms with Gasteiger partial charge in [-0.15, -0.1) is 0 Å². The first kappa shape index (κ1) is 28.2. The average Bonchev–Trinajstić information content (AvgIpc) is 2.73. The van der Waals surface area contributed by atoms with Crippen LogP contribution in [0.3, 0.4) is 0 Å². The monoisotopic (exact) mass is 489 g/mol. The Balaban J connectivity index is 0.00000408. The van der Waals surface area contributed by atoms with E-state index in [4.69, 9.17) is 13.9 Å². The van der Waals surface area contributed by atoms with Crippen molar-refractivity contribution in [1.29, 1.82) is 0 Å². The Morgan fingerprint density at radius 1 is 1.32 bits per heavy atom. The molecule has 0 aliphatic carbocycles. The van der Waals surface area contributed by atoms with Crippen LogP contribution in [-0.2, 0) is 14.3 Å². The van der Waals surface area contributed by atoms with Gasteiger partial charge in [-0.1, -0.05) is 0 Å². The third-order valence-electron chi connectivity index (χ3n) is 5.38. The summed E-state index contributed by atoms with van der Waals surface area (Å²) in [7, 11) is 0. The fraction of sp³-hybridized carbons (Fsp3) is 0.476. The first-order chi connectivity index (χ1) is 15.5. The molecule has 34 heavy (non-hydrogen) atoms. The van der Waals surface area contributed by atoms with Crippen molar-refractivity contribution in [3.63, 3.8) is 0 Å². The normalized spacial score (nSPS) is 26.2. The molecular formula is C21H24NNaO11. The minimum atomic E-state index is -2.66. The summed E-state index contributed by atoms with van der Waals surface area (Å²) in [6, 6.07) is 4.09. The van der Waals surface area contributed by atoms with Gasteiger partial charge in [0, 0.05) is 30.9 Å². The van der Waals surface area contributed by atoms with Crippen LogP contribution in [0.4, 0.5) is 0 Å². The molecule has 1 amide bonds. The second-order valence-electron chi connectivity index (χ2n) is 7.87. The largest absolute Gasteiger partial charge is 1.00 e. The van der Waals surface area contributed by atoms with Gasteiger partial charge in [0.2, 0.25) is 5.91 Å². The number of carboxylic acids is 1. The Bertz CT molecular complexity index is 1110. The molecule has 1 fully saturated rings. The third kappa shape index (κ3) is 5.78. The maximum Gasteiger partial charge on any atom is 1.00 e. The summed E-state index contributed by atoms with van der Waals surface area (Å²) >= 11 is 0. The van der Waals surface area contributed by atoms with Crippen molar-refractivity contribution in [2.45, 2.75) is 56.5 Å². The Morgan fingerprint density at radius 2 is 2.00 bits per heavy atom. The molecule has 1 aromatic heterocycles. The van der Waals surface area contributed by atoms with Crippen molar-refractivity contribution in [1.82, 2.24) is 5.32 Å². The minimum Gasteiger partial charge on any atom is -0.543 e. The SMILES string of the molecule is CC(=O)N[C@H]1[C@H]([C@H](O)[C@H](O)CO)O[C@](Oc2ccc3c(C)cc(=O)oc3c2)(C(=O)[O-])C[C@@H]1O.[Na+]. The molecule has 180 valence electrons. The van der Waals surface area contributed by atoms with E-state index in [1.165, 1.54) is 24.3 Å².